The molecule has 4 heteroatoms. The van der Waals surface area contributed by atoms with Gasteiger partial charge in [-0.05, 0) is 50.1 Å². The number of rotatable bonds is 4. The van der Waals surface area contributed by atoms with E-state index in [1.807, 2.05) is 0 Å². The second-order valence-electron chi connectivity index (χ2n) is 5.84. The van der Waals surface area contributed by atoms with Crippen LogP contribution in [0.2, 0.25) is 0 Å². The minimum atomic E-state index is 0. The Morgan fingerprint density at radius 3 is 2.61 bits per heavy atom. The fourth-order valence-corrected chi connectivity index (χ4v) is 3.24. The van der Waals surface area contributed by atoms with Crippen LogP contribution in [0.1, 0.15) is 46.0 Å². The molecule has 0 spiro atoms. The first kappa shape index (κ1) is 15.8. The van der Waals surface area contributed by atoms with Gasteiger partial charge in [-0.1, -0.05) is 13.8 Å². The fourth-order valence-electron chi connectivity index (χ4n) is 3.24. The number of halogens is 1. The third-order valence-electron chi connectivity index (χ3n) is 4.92. The molecule has 0 bridgehead atoms. The molecule has 1 N–H and O–H groups in total. The van der Waals surface area contributed by atoms with E-state index in [0.29, 0.717) is 17.2 Å². The SMILES string of the molecule is CCC1(CC)CCN(C(=O)CC2CCNC2)C1.Cl. The molecule has 1 atom stereocenters. The van der Waals surface area contributed by atoms with Crippen LogP contribution in [0.25, 0.3) is 0 Å². The lowest BCUT2D eigenvalue weighted by Crippen LogP contribution is -2.33. The second kappa shape index (κ2) is 6.76. The molecule has 0 aromatic rings. The van der Waals surface area contributed by atoms with Gasteiger partial charge in [0.1, 0.15) is 0 Å². The first-order chi connectivity index (χ1) is 8.19. The highest BCUT2D eigenvalue weighted by molar-refractivity contribution is 5.85. The van der Waals surface area contributed by atoms with E-state index in [4.69, 9.17) is 0 Å². The van der Waals surface area contributed by atoms with Crippen molar-refractivity contribution in [2.75, 3.05) is 26.2 Å². The van der Waals surface area contributed by atoms with Crippen molar-refractivity contribution in [2.45, 2.75) is 46.0 Å². The summed E-state index contributed by atoms with van der Waals surface area (Å²) in [7, 11) is 0. The maximum Gasteiger partial charge on any atom is 0.222 e. The summed E-state index contributed by atoms with van der Waals surface area (Å²) in [5, 5.41) is 3.34. The van der Waals surface area contributed by atoms with Crippen molar-refractivity contribution < 1.29 is 4.79 Å². The summed E-state index contributed by atoms with van der Waals surface area (Å²) >= 11 is 0. The minimum absolute atomic E-state index is 0. The number of carbonyl (C=O) groups is 1. The molecule has 0 aromatic heterocycles. The predicted octanol–water partition coefficient (Wildman–Crippen LogP) is 2.45. The molecule has 2 heterocycles. The molecule has 1 amide bonds. The second-order valence-corrected chi connectivity index (χ2v) is 5.84. The number of nitrogens with zero attached hydrogens (tertiary/aromatic N) is 1. The Morgan fingerprint density at radius 1 is 1.39 bits per heavy atom. The molecule has 2 aliphatic heterocycles. The van der Waals surface area contributed by atoms with E-state index < -0.39 is 0 Å². The summed E-state index contributed by atoms with van der Waals surface area (Å²) < 4.78 is 0. The van der Waals surface area contributed by atoms with Gasteiger partial charge in [0.25, 0.3) is 0 Å². The van der Waals surface area contributed by atoms with Crippen molar-refractivity contribution in [3.05, 3.63) is 0 Å². The zero-order valence-electron chi connectivity index (χ0n) is 11.7. The van der Waals surface area contributed by atoms with E-state index in [0.717, 1.165) is 32.6 Å². The molecule has 1 unspecified atom stereocenters. The number of amides is 1. The van der Waals surface area contributed by atoms with Crippen LogP contribution in [0.4, 0.5) is 0 Å². The lowest BCUT2D eigenvalue weighted by molar-refractivity contribution is -0.131. The Balaban J connectivity index is 0.00000162. The Morgan fingerprint density at radius 2 is 2.11 bits per heavy atom. The summed E-state index contributed by atoms with van der Waals surface area (Å²) in [5.41, 5.74) is 0.420. The zero-order valence-corrected chi connectivity index (χ0v) is 12.5. The van der Waals surface area contributed by atoms with Crippen molar-refractivity contribution in [1.82, 2.24) is 10.2 Å². The molecule has 18 heavy (non-hydrogen) atoms. The summed E-state index contributed by atoms with van der Waals surface area (Å²) in [4.78, 5) is 14.3. The average molecular weight is 275 g/mol. The van der Waals surface area contributed by atoms with Crippen molar-refractivity contribution >= 4 is 18.3 Å². The lowest BCUT2D eigenvalue weighted by Gasteiger charge is -2.26. The van der Waals surface area contributed by atoms with E-state index in [2.05, 4.69) is 24.1 Å². The van der Waals surface area contributed by atoms with Crippen LogP contribution in [0, 0.1) is 11.3 Å². The first-order valence-corrected chi connectivity index (χ1v) is 7.17. The molecular weight excluding hydrogens is 248 g/mol. The van der Waals surface area contributed by atoms with Crippen molar-refractivity contribution in [1.29, 1.82) is 0 Å². The van der Waals surface area contributed by atoms with Gasteiger partial charge in [-0.15, -0.1) is 12.4 Å². The van der Waals surface area contributed by atoms with Gasteiger partial charge in [0, 0.05) is 19.5 Å². The summed E-state index contributed by atoms with van der Waals surface area (Å²) in [6.07, 6.45) is 5.55. The van der Waals surface area contributed by atoms with Crippen LogP contribution in [-0.4, -0.2) is 37.0 Å². The van der Waals surface area contributed by atoms with Crippen LogP contribution >= 0.6 is 12.4 Å². The fraction of sp³-hybridized carbons (Fsp3) is 0.929. The van der Waals surface area contributed by atoms with E-state index in [1.165, 1.54) is 25.7 Å². The smallest absolute Gasteiger partial charge is 0.222 e. The van der Waals surface area contributed by atoms with Gasteiger partial charge in [0.15, 0.2) is 0 Å². The van der Waals surface area contributed by atoms with E-state index in [1.54, 1.807) is 0 Å². The third kappa shape index (κ3) is 3.39. The van der Waals surface area contributed by atoms with Crippen LogP contribution in [0.3, 0.4) is 0 Å². The highest BCUT2D eigenvalue weighted by Gasteiger charge is 2.37. The van der Waals surface area contributed by atoms with Crippen molar-refractivity contribution in [2.24, 2.45) is 11.3 Å². The Bertz CT molecular complexity index is 273. The number of likely N-dealkylation sites (tertiary alicyclic amines) is 1. The maximum atomic E-state index is 12.2. The average Bonchev–Trinajstić information content (AvgIpc) is 2.97. The third-order valence-corrected chi connectivity index (χ3v) is 4.92. The number of hydrogen-bond acceptors (Lipinski definition) is 2. The molecule has 2 fully saturated rings. The molecule has 2 rings (SSSR count). The number of carbonyl (C=O) groups excluding carboxylic acids is 1. The number of nitrogens with one attached hydrogen (secondary N) is 1. The minimum Gasteiger partial charge on any atom is -0.342 e. The predicted molar refractivity (Wildman–Crippen MR) is 77.1 cm³/mol. The van der Waals surface area contributed by atoms with Gasteiger partial charge >= 0.3 is 0 Å². The van der Waals surface area contributed by atoms with Gasteiger partial charge in [-0.2, -0.15) is 0 Å². The Hall–Kier alpha value is -0.280. The Kier molecular flexibility index (Phi) is 5.93. The van der Waals surface area contributed by atoms with Crippen LogP contribution in [0.5, 0.6) is 0 Å². The van der Waals surface area contributed by atoms with Gasteiger partial charge in [-0.25, -0.2) is 0 Å². The largest absolute Gasteiger partial charge is 0.342 e. The number of hydrogen-bond donors (Lipinski definition) is 1. The molecular formula is C14H27ClN2O. The summed E-state index contributed by atoms with van der Waals surface area (Å²) in [6.45, 7) is 8.63. The van der Waals surface area contributed by atoms with Gasteiger partial charge in [0.05, 0.1) is 0 Å². The highest BCUT2D eigenvalue weighted by atomic mass is 35.5. The molecule has 0 saturated carbocycles. The van der Waals surface area contributed by atoms with Gasteiger partial charge in [-0.3, -0.25) is 4.79 Å². The zero-order chi connectivity index (χ0) is 12.3. The summed E-state index contributed by atoms with van der Waals surface area (Å²) in [5.74, 6) is 0.975. The van der Waals surface area contributed by atoms with Crippen LogP contribution in [-0.2, 0) is 4.79 Å². The maximum absolute atomic E-state index is 12.2. The molecule has 0 radical (unpaired) electrons. The highest BCUT2D eigenvalue weighted by Crippen LogP contribution is 2.37. The quantitative estimate of drug-likeness (QED) is 0.854. The van der Waals surface area contributed by atoms with Crippen LogP contribution < -0.4 is 5.32 Å². The molecule has 0 aliphatic carbocycles. The van der Waals surface area contributed by atoms with Gasteiger partial charge in [0.2, 0.25) is 5.91 Å². The molecule has 0 aromatic carbocycles. The lowest BCUT2D eigenvalue weighted by atomic mass is 9.82. The van der Waals surface area contributed by atoms with Crippen molar-refractivity contribution in [3.8, 4) is 0 Å². The summed E-state index contributed by atoms with van der Waals surface area (Å²) in [6, 6.07) is 0. The molecule has 2 saturated heterocycles. The molecule has 2 aliphatic rings. The molecule has 106 valence electrons. The first-order valence-electron chi connectivity index (χ1n) is 7.17. The topological polar surface area (TPSA) is 32.3 Å². The van der Waals surface area contributed by atoms with E-state index in [9.17, 15) is 4.79 Å². The van der Waals surface area contributed by atoms with Crippen molar-refractivity contribution in [3.63, 3.8) is 0 Å². The standard InChI is InChI=1S/C14H26N2O.ClH/c1-3-14(4-2)6-8-16(11-14)13(17)9-12-5-7-15-10-12;/h12,15H,3-11H2,1-2H3;1H. The van der Waals surface area contributed by atoms with Crippen LogP contribution in [0.15, 0.2) is 0 Å². The Labute approximate surface area is 117 Å². The normalized spacial score (nSPS) is 26.1. The molecule has 3 nitrogen and oxygen atoms in total. The monoisotopic (exact) mass is 274 g/mol. The van der Waals surface area contributed by atoms with E-state index in [-0.39, 0.29) is 12.4 Å². The van der Waals surface area contributed by atoms with E-state index >= 15 is 0 Å². The van der Waals surface area contributed by atoms with Gasteiger partial charge < -0.3 is 10.2 Å².